The first-order valence-corrected chi connectivity index (χ1v) is 7.35. The standard InChI is InChI=1S/C11H12F3NO7S/c1-21-9(16)3-2-7-6-15(10(17)18)5-4-8(7)22-23(19,20)11(12,13)14/h2-3H,4-6H2,1H3,(H,17,18). The van der Waals surface area contributed by atoms with Gasteiger partial charge in [0, 0.05) is 24.6 Å². The van der Waals surface area contributed by atoms with Gasteiger partial charge in [0.25, 0.3) is 0 Å². The minimum atomic E-state index is -5.89. The summed E-state index contributed by atoms with van der Waals surface area (Å²) in [6.45, 7) is -0.695. The summed E-state index contributed by atoms with van der Waals surface area (Å²) < 4.78 is 67.5. The van der Waals surface area contributed by atoms with Crippen molar-refractivity contribution in [2.75, 3.05) is 20.2 Å². The lowest BCUT2D eigenvalue weighted by atomic mass is 10.1. The number of carboxylic acid groups (broad SMARTS) is 1. The molecule has 0 atom stereocenters. The number of carbonyl (C=O) groups is 2. The number of ether oxygens (including phenoxy) is 1. The molecule has 1 aliphatic rings. The third kappa shape index (κ3) is 4.87. The number of esters is 1. The minimum Gasteiger partial charge on any atom is -0.466 e. The van der Waals surface area contributed by atoms with E-state index >= 15 is 0 Å². The van der Waals surface area contributed by atoms with E-state index in [1.165, 1.54) is 0 Å². The van der Waals surface area contributed by atoms with Crippen LogP contribution in [-0.4, -0.2) is 56.2 Å². The summed E-state index contributed by atoms with van der Waals surface area (Å²) in [6.07, 6.45) is 0.00111. The van der Waals surface area contributed by atoms with Crippen molar-refractivity contribution in [3.63, 3.8) is 0 Å². The normalized spacial score (nSPS) is 16.6. The van der Waals surface area contributed by atoms with Gasteiger partial charge in [0.1, 0.15) is 5.76 Å². The molecule has 8 nitrogen and oxygen atoms in total. The number of hydrogen-bond acceptors (Lipinski definition) is 6. The topological polar surface area (TPSA) is 110 Å². The molecular formula is C11H12F3NO7S. The van der Waals surface area contributed by atoms with Crippen molar-refractivity contribution in [1.29, 1.82) is 0 Å². The predicted molar refractivity (Wildman–Crippen MR) is 68.5 cm³/mol. The molecule has 0 fully saturated rings. The first kappa shape index (κ1) is 18.8. The molecule has 23 heavy (non-hydrogen) atoms. The Morgan fingerprint density at radius 1 is 1.35 bits per heavy atom. The first-order chi connectivity index (χ1) is 10.5. The molecule has 1 amide bonds. The second kappa shape index (κ2) is 6.89. The van der Waals surface area contributed by atoms with E-state index in [-0.39, 0.29) is 12.1 Å². The van der Waals surface area contributed by atoms with Gasteiger partial charge in [0.05, 0.1) is 13.7 Å². The lowest BCUT2D eigenvalue weighted by Crippen LogP contribution is -2.37. The third-order valence-electron chi connectivity index (χ3n) is 2.71. The zero-order valence-electron chi connectivity index (χ0n) is 11.7. The van der Waals surface area contributed by atoms with Gasteiger partial charge in [-0.15, -0.1) is 0 Å². The van der Waals surface area contributed by atoms with E-state index in [1.54, 1.807) is 0 Å². The van der Waals surface area contributed by atoms with Gasteiger partial charge in [-0.3, -0.25) is 0 Å². The monoisotopic (exact) mass is 359 g/mol. The van der Waals surface area contributed by atoms with Crippen LogP contribution in [0.4, 0.5) is 18.0 Å². The van der Waals surface area contributed by atoms with Crippen molar-refractivity contribution in [3.05, 3.63) is 23.5 Å². The van der Waals surface area contributed by atoms with Gasteiger partial charge < -0.3 is 18.9 Å². The van der Waals surface area contributed by atoms with Gasteiger partial charge in [-0.2, -0.15) is 21.6 Å². The quantitative estimate of drug-likeness (QED) is 0.348. The van der Waals surface area contributed by atoms with Crippen molar-refractivity contribution in [3.8, 4) is 0 Å². The van der Waals surface area contributed by atoms with Gasteiger partial charge >= 0.3 is 27.7 Å². The van der Waals surface area contributed by atoms with Crippen molar-refractivity contribution in [2.45, 2.75) is 11.9 Å². The molecule has 1 rings (SSSR count). The summed E-state index contributed by atoms with van der Waals surface area (Å²) >= 11 is 0. The highest BCUT2D eigenvalue weighted by Gasteiger charge is 2.49. The molecule has 0 saturated heterocycles. The Balaban J connectivity index is 3.16. The lowest BCUT2D eigenvalue weighted by Gasteiger charge is -2.27. The second-order valence-corrected chi connectivity index (χ2v) is 5.78. The van der Waals surface area contributed by atoms with Crippen molar-refractivity contribution in [2.24, 2.45) is 0 Å². The molecule has 1 heterocycles. The fourth-order valence-electron chi connectivity index (χ4n) is 1.59. The molecule has 0 aromatic heterocycles. The van der Waals surface area contributed by atoms with Crippen molar-refractivity contribution >= 4 is 22.2 Å². The molecule has 0 aromatic rings. The Bertz CT molecular complexity index is 651. The van der Waals surface area contributed by atoms with Crippen LogP contribution in [0.25, 0.3) is 0 Å². The highest BCUT2D eigenvalue weighted by molar-refractivity contribution is 7.87. The summed E-state index contributed by atoms with van der Waals surface area (Å²) in [4.78, 5) is 22.7. The lowest BCUT2D eigenvalue weighted by molar-refractivity contribution is -0.134. The van der Waals surface area contributed by atoms with E-state index in [2.05, 4.69) is 8.92 Å². The van der Waals surface area contributed by atoms with E-state index in [0.717, 1.165) is 24.2 Å². The van der Waals surface area contributed by atoms with Crippen LogP contribution in [0.5, 0.6) is 0 Å². The molecule has 0 aromatic carbocycles. The van der Waals surface area contributed by atoms with Crippen molar-refractivity contribution in [1.82, 2.24) is 4.90 Å². The first-order valence-electron chi connectivity index (χ1n) is 5.94. The fraction of sp³-hybridized carbons (Fsp3) is 0.455. The molecule has 1 N–H and O–H groups in total. The number of alkyl halides is 3. The molecule has 1 aliphatic heterocycles. The maximum Gasteiger partial charge on any atom is 0.534 e. The highest BCUT2D eigenvalue weighted by Crippen LogP contribution is 2.30. The van der Waals surface area contributed by atoms with Gasteiger partial charge in [0.15, 0.2) is 0 Å². The van der Waals surface area contributed by atoms with E-state index in [0.29, 0.717) is 0 Å². The number of rotatable bonds is 4. The predicted octanol–water partition coefficient (Wildman–Crippen LogP) is 1.22. The Labute approximate surface area is 128 Å². The van der Waals surface area contributed by atoms with E-state index in [9.17, 15) is 31.2 Å². The summed E-state index contributed by atoms with van der Waals surface area (Å²) in [6, 6.07) is 0. The maximum absolute atomic E-state index is 12.4. The van der Waals surface area contributed by atoms with Crippen LogP contribution >= 0.6 is 0 Å². The summed E-state index contributed by atoms with van der Waals surface area (Å²) in [7, 11) is -4.83. The summed E-state index contributed by atoms with van der Waals surface area (Å²) in [5, 5.41) is 8.88. The van der Waals surface area contributed by atoms with Crippen LogP contribution in [0, 0.1) is 0 Å². The Kier molecular flexibility index (Phi) is 5.64. The molecule has 0 spiro atoms. The Hall–Kier alpha value is -2.24. The zero-order valence-corrected chi connectivity index (χ0v) is 12.5. The van der Waals surface area contributed by atoms with Crippen LogP contribution < -0.4 is 0 Å². The smallest absolute Gasteiger partial charge is 0.466 e. The Morgan fingerprint density at radius 2 is 1.96 bits per heavy atom. The number of carbonyl (C=O) groups excluding carboxylic acids is 1. The Morgan fingerprint density at radius 3 is 2.43 bits per heavy atom. The van der Waals surface area contributed by atoms with E-state index in [4.69, 9.17) is 5.11 Å². The van der Waals surface area contributed by atoms with Crippen LogP contribution in [0.3, 0.4) is 0 Å². The molecule has 130 valence electrons. The number of methoxy groups -OCH3 is 1. The van der Waals surface area contributed by atoms with Crippen LogP contribution in [0.2, 0.25) is 0 Å². The van der Waals surface area contributed by atoms with Crippen LogP contribution in [0.15, 0.2) is 23.5 Å². The molecule has 0 radical (unpaired) electrons. The number of hydrogen-bond donors (Lipinski definition) is 1. The molecule has 0 unspecified atom stereocenters. The molecular weight excluding hydrogens is 347 g/mol. The average molecular weight is 359 g/mol. The summed E-state index contributed by atoms with van der Waals surface area (Å²) in [5.74, 6) is -1.44. The highest BCUT2D eigenvalue weighted by atomic mass is 32.2. The molecule has 0 saturated carbocycles. The van der Waals surface area contributed by atoms with Crippen LogP contribution in [-0.2, 0) is 23.8 Å². The maximum atomic E-state index is 12.4. The number of halogens is 3. The second-order valence-electron chi connectivity index (χ2n) is 4.24. The van der Waals surface area contributed by atoms with Gasteiger partial charge in [-0.05, 0) is 6.08 Å². The molecule has 0 aliphatic carbocycles. The average Bonchev–Trinajstić information content (AvgIpc) is 2.43. The molecule has 12 heteroatoms. The van der Waals surface area contributed by atoms with Gasteiger partial charge in [-0.1, -0.05) is 0 Å². The summed E-state index contributed by atoms with van der Waals surface area (Å²) in [5.41, 5.74) is -5.82. The zero-order chi connectivity index (χ0) is 17.8. The number of nitrogens with zero attached hydrogens (tertiary/aromatic N) is 1. The fourth-order valence-corrected chi connectivity index (χ4v) is 2.14. The van der Waals surface area contributed by atoms with Gasteiger partial charge in [0.2, 0.25) is 0 Å². The van der Waals surface area contributed by atoms with E-state index < -0.39 is 46.4 Å². The largest absolute Gasteiger partial charge is 0.534 e. The number of amides is 1. The third-order valence-corrected chi connectivity index (χ3v) is 3.70. The minimum absolute atomic E-state index is 0.197. The van der Waals surface area contributed by atoms with Gasteiger partial charge in [-0.25, -0.2) is 9.59 Å². The SMILES string of the molecule is COC(=O)C=CC1=C(OS(=O)(=O)C(F)(F)F)CCN(C(=O)O)C1. The van der Waals surface area contributed by atoms with Crippen molar-refractivity contribution < 1.29 is 45.2 Å². The van der Waals surface area contributed by atoms with Crippen LogP contribution in [0.1, 0.15) is 6.42 Å². The molecule has 0 bridgehead atoms. The van der Waals surface area contributed by atoms with E-state index in [1.807, 2.05) is 0 Å².